The summed E-state index contributed by atoms with van der Waals surface area (Å²) in [6.07, 6.45) is 0. The lowest BCUT2D eigenvalue weighted by atomic mass is 10.1. The van der Waals surface area contributed by atoms with Crippen molar-refractivity contribution in [3.8, 4) is 0 Å². The molecule has 1 atom stereocenters. The molecule has 0 radical (unpaired) electrons. The number of sulfonamides is 1. The number of anilines is 1. The Hall–Kier alpha value is -3.43. The van der Waals surface area contributed by atoms with Gasteiger partial charge in [0.2, 0.25) is 11.8 Å². The maximum absolute atomic E-state index is 13.7. The van der Waals surface area contributed by atoms with Gasteiger partial charge in [-0.15, -0.1) is 0 Å². The summed E-state index contributed by atoms with van der Waals surface area (Å²) in [5, 5.41) is 2.83. The zero-order chi connectivity index (χ0) is 27.2. The van der Waals surface area contributed by atoms with Gasteiger partial charge in [0.05, 0.1) is 15.6 Å². The van der Waals surface area contributed by atoms with Crippen LogP contribution in [0.5, 0.6) is 0 Å². The number of amides is 2. The van der Waals surface area contributed by atoms with Gasteiger partial charge in [-0.2, -0.15) is 0 Å². The molecular weight excluding hydrogens is 517 g/mol. The van der Waals surface area contributed by atoms with Crippen molar-refractivity contribution < 1.29 is 22.4 Å². The fourth-order valence-corrected chi connectivity index (χ4v) is 5.42. The number of halogens is 2. The van der Waals surface area contributed by atoms with Gasteiger partial charge in [-0.3, -0.25) is 13.9 Å². The van der Waals surface area contributed by atoms with E-state index in [2.05, 4.69) is 5.32 Å². The molecule has 0 fully saturated rings. The minimum atomic E-state index is -4.21. The van der Waals surface area contributed by atoms with Gasteiger partial charge in [-0.1, -0.05) is 53.6 Å². The van der Waals surface area contributed by atoms with Crippen LogP contribution in [-0.2, 0) is 26.2 Å². The van der Waals surface area contributed by atoms with Crippen LogP contribution in [0.15, 0.2) is 77.7 Å². The van der Waals surface area contributed by atoms with Crippen LogP contribution in [0.3, 0.4) is 0 Å². The molecule has 0 saturated heterocycles. The quantitative estimate of drug-likeness (QED) is 0.405. The van der Waals surface area contributed by atoms with E-state index in [0.717, 1.165) is 9.87 Å². The summed E-state index contributed by atoms with van der Waals surface area (Å²) >= 11 is 6.37. The molecule has 196 valence electrons. The number of rotatable bonds is 10. The summed E-state index contributed by atoms with van der Waals surface area (Å²) < 4.78 is 41.9. The van der Waals surface area contributed by atoms with Gasteiger partial charge in [0.15, 0.2) is 0 Å². The van der Waals surface area contributed by atoms with E-state index in [1.54, 1.807) is 38.1 Å². The maximum atomic E-state index is 13.7. The van der Waals surface area contributed by atoms with Crippen LogP contribution in [0.4, 0.5) is 10.1 Å². The van der Waals surface area contributed by atoms with E-state index < -0.39 is 40.2 Å². The number of hydrogen-bond donors (Lipinski definition) is 1. The van der Waals surface area contributed by atoms with Crippen molar-refractivity contribution in [2.24, 2.45) is 0 Å². The van der Waals surface area contributed by atoms with E-state index in [0.29, 0.717) is 12.1 Å². The van der Waals surface area contributed by atoms with Crippen LogP contribution in [0.25, 0.3) is 0 Å². The van der Waals surface area contributed by atoms with Crippen LogP contribution in [0, 0.1) is 12.7 Å². The fourth-order valence-electron chi connectivity index (χ4n) is 3.70. The van der Waals surface area contributed by atoms with Gasteiger partial charge in [-0.05, 0) is 62.7 Å². The molecule has 2 amide bonds. The fraction of sp³-hybridized carbons (Fsp3) is 0.259. The Labute approximate surface area is 221 Å². The molecule has 0 saturated carbocycles. The number of hydrogen-bond acceptors (Lipinski definition) is 4. The van der Waals surface area contributed by atoms with E-state index in [9.17, 15) is 22.4 Å². The normalized spacial score (nSPS) is 12.0. The molecule has 1 N–H and O–H groups in total. The van der Waals surface area contributed by atoms with Crippen LogP contribution in [0.2, 0.25) is 5.02 Å². The van der Waals surface area contributed by atoms with E-state index in [4.69, 9.17) is 11.6 Å². The molecular formula is C27H29ClFN3O4S. The molecule has 0 aromatic heterocycles. The van der Waals surface area contributed by atoms with Crippen LogP contribution < -0.4 is 9.62 Å². The number of carbonyl (C=O) groups is 2. The molecule has 0 aliphatic rings. The summed E-state index contributed by atoms with van der Waals surface area (Å²) in [7, 11) is -4.21. The van der Waals surface area contributed by atoms with Crippen molar-refractivity contribution in [3.05, 3.63) is 94.8 Å². The average molecular weight is 546 g/mol. The number of para-hydroxylation sites is 1. The van der Waals surface area contributed by atoms with Gasteiger partial charge in [0.25, 0.3) is 10.0 Å². The minimum Gasteiger partial charge on any atom is -0.355 e. The second kappa shape index (κ2) is 12.2. The van der Waals surface area contributed by atoms with Crippen molar-refractivity contribution in [1.82, 2.24) is 10.2 Å². The zero-order valence-electron chi connectivity index (χ0n) is 20.8. The lowest BCUT2D eigenvalue weighted by Gasteiger charge is -2.32. The number of benzene rings is 3. The van der Waals surface area contributed by atoms with Crippen molar-refractivity contribution >= 4 is 39.1 Å². The summed E-state index contributed by atoms with van der Waals surface area (Å²) in [5.74, 6) is -1.46. The lowest BCUT2D eigenvalue weighted by Crippen LogP contribution is -2.51. The van der Waals surface area contributed by atoms with Crippen molar-refractivity contribution in [1.29, 1.82) is 0 Å². The lowest BCUT2D eigenvalue weighted by molar-refractivity contribution is -0.139. The highest BCUT2D eigenvalue weighted by atomic mass is 35.5. The second-order valence-corrected chi connectivity index (χ2v) is 10.8. The molecule has 0 bridgehead atoms. The van der Waals surface area contributed by atoms with Crippen LogP contribution >= 0.6 is 11.6 Å². The molecule has 3 aromatic carbocycles. The van der Waals surface area contributed by atoms with Crippen molar-refractivity contribution in [2.75, 3.05) is 17.4 Å². The predicted molar refractivity (Wildman–Crippen MR) is 142 cm³/mol. The van der Waals surface area contributed by atoms with Gasteiger partial charge in [-0.25, -0.2) is 12.8 Å². The van der Waals surface area contributed by atoms with Crippen molar-refractivity contribution in [3.63, 3.8) is 0 Å². The van der Waals surface area contributed by atoms with Gasteiger partial charge in [0.1, 0.15) is 18.4 Å². The second-order valence-electron chi connectivity index (χ2n) is 8.49. The largest absolute Gasteiger partial charge is 0.355 e. The monoisotopic (exact) mass is 545 g/mol. The molecule has 0 aliphatic carbocycles. The standard InChI is InChI=1S/C27H29ClFN3O4S/c1-4-30-27(34)20(3)31(17-21-11-13-22(29)14-12-21)26(33)18-32(25-8-6-5-7-24(25)28)37(35,36)23-15-9-19(2)10-16-23/h5-16,20H,4,17-18H2,1-3H3,(H,30,34). The highest BCUT2D eigenvalue weighted by Crippen LogP contribution is 2.30. The number of nitrogens with zero attached hydrogens (tertiary/aromatic N) is 2. The Balaban J connectivity index is 2.03. The molecule has 0 spiro atoms. The molecule has 3 aromatic rings. The third kappa shape index (κ3) is 6.87. The molecule has 0 aliphatic heterocycles. The Bertz CT molecular complexity index is 1350. The third-order valence-corrected chi connectivity index (χ3v) is 7.89. The van der Waals surface area contributed by atoms with E-state index in [1.165, 1.54) is 53.4 Å². The Kier molecular flexibility index (Phi) is 9.29. The number of nitrogens with one attached hydrogen (secondary N) is 1. The molecule has 0 heterocycles. The first-order chi connectivity index (χ1) is 17.5. The van der Waals surface area contributed by atoms with Crippen LogP contribution in [0.1, 0.15) is 25.0 Å². The first kappa shape index (κ1) is 28.1. The predicted octanol–water partition coefficient (Wildman–Crippen LogP) is 4.54. The molecule has 7 nitrogen and oxygen atoms in total. The summed E-state index contributed by atoms with van der Waals surface area (Å²) in [6, 6.07) is 17.2. The Morgan fingerprint density at radius 1 is 1.00 bits per heavy atom. The van der Waals surface area contributed by atoms with Gasteiger partial charge >= 0.3 is 0 Å². The summed E-state index contributed by atoms with van der Waals surface area (Å²) in [5.41, 5.74) is 1.59. The number of carbonyl (C=O) groups excluding carboxylic acids is 2. The van der Waals surface area contributed by atoms with Gasteiger partial charge < -0.3 is 10.2 Å². The van der Waals surface area contributed by atoms with Crippen molar-refractivity contribution in [2.45, 2.75) is 38.3 Å². The highest BCUT2D eigenvalue weighted by Gasteiger charge is 2.33. The van der Waals surface area contributed by atoms with Crippen LogP contribution in [-0.4, -0.2) is 44.3 Å². The smallest absolute Gasteiger partial charge is 0.264 e. The minimum absolute atomic E-state index is 0.00678. The van der Waals surface area contributed by atoms with E-state index in [1.807, 2.05) is 6.92 Å². The molecule has 37 heavy (non-hydrogen) atoms. The van der Waals surface area contributed by atoms with E-state index >= 15 is 0 Å². The highest BCUT2D eigenvalue weighted by molar-refractivity contribution is 7.92. The SMILES string of the molecule is CCNC(=O)C(C)N(Cc1ccc(F)cc1)C(=O)CN(c1ccccc1Cl)S(=O)(=O)c1ccc(C)cc1. The first-order valence-corrected chi connectivity index (χ1v) is 13.5. The maximum Gasteiger partial charge on any atom is 0.264 e. The molecule has 10 heteroatoms. The average Bonchev–Trinajstić information content (AvgIpc) is 2.87. The number of aryl methyl sites for hydroxylation is 1. The molecule has 3 rings (SSSR count). The Morgan fingerprint density at radius 3 is 2.22 bits per heavy atom. The van der Waals surface area contributed by atoms with E-state index in [-0.39, 0.29) is 22.2 Å². The Morgan fingerprint density at radius 2 is 1.62 bits per heavy atom. The first-order valence-electron chi connectivity index (χ1n) is 11.7. The summed E-state index contributed by atoms with van der Waals surface area (Å²) in [6.45, 7) is 4.87. The third-order valence-electron chi connectivity index (χ3n) is 5.79. The summed E-state index contributed by atoms with van der Waals surface area (Å²) in [4.78, 5) is 27.7. The topological polar surface area (TPSA) is 86.8 Å². The molecule has 1 unspecified atom stereocenters. The van der Waals surface area contributed by atoms with Gasteiger partial charge in [0, 0.05) is 13.1 Å². The number of likely N-dealkylation sites (N-methyl/N-ethyl adjacent to an activating group) is 1. The zero-order valence-corrected chi connectivity index (χ0v) is 22.4.